The Balaban J connectivity index is 1.83. The van der Waals surface area contributed by atoms with Crippen LogP contribution in [0.15, 0.2) is 12.4 Å². The fourth-order valence-corrected chi connectivity index (χ4v) is 2.01. The van der Waals surface area contributed by atoms with Crippen molar-refractivity contribution >= 4 is 5.78 Å². The minimum atomic E-state index is 0.102. The minimum Gasteiger partial charge on any atom is -0.338 e. The largest absolute Gasteiger partial charge is 0.338 e. The van der Waals surface area contributed by atoms with Crippen LogP contribution in [0.1, 0.15) is 25.1 Å². The van der Waals surface area contributed by atoms with Crippen LogP contribution >= 0.6 is 0 Å². The average Bonchev–Trinajstić information content (AvgIpc) is 2.85. The fraction of sp³-hybridized carbons (Fsp3) is 0.636. The van der Waals surface area contributed by atoms with Crippen LogP contribution in [0.5, 0.6) is 0 Å². The predicted octanol–water partition coefficient (Wildman–Crippen LogP) is 0.674. The second-order valence-electron chi connectivity index (χ2n) is 4.07. The second kappa shape index (κ2) is 4.57. The maximum atomic E-state index is 11.8. The number of carbonyl (C=O) groups is 1. The van der Waals surface area contributed by atoms with Gasteiger partial charge in [0.1, 0.15) is 11.6 Å². The number of aromatic nitrogens is 2. The third kappa shape index (κ3) is 2.45. The highest BCUT2D eigenvalue weighted by atomic mass is 16.1. The summed E-state index contributed by atoms with van der Waals surface area (Å²) in [7, 11) is 1.96. The molecule has 0 amide bonds. The maximum absolute atomic E-state index is 11.8. The maximum Gasteiger partial charge on any atom is 0.150 e. The average molecular weight is 207 g/mol. The molecule has 2 heterocycles. The number of imidazole rings is 1. The van der Waals surface area contributed by atoms with Crippen molar-refractivity contribution in [3.63, 3.8) is 0 Å². The molecule has 2 rings (SSSR count). The first kappa shape index (κ1) is 10.4. The normalized spacial score (nSPS) is 20.7. The van der Waals surface area contributed by atoms with Crippen molar-refractivity contribution < 1.29 is 4.79 Å². The molecule has 0 spiro atoms. The first-order chi connectivity index (χ1) is 7.27. The Morgan fingerprint density at radius 2 is 2.60 bits per heavy atom. The van der Waals surface area contributed by atoms with Crippen molar-refractivity contribution in [2.75, 3.05) is 6.54 Å². The number of hydrogen-bond donors (Lipinski definition) is 1. The van der Waals surface area contributed by atoms with Crippen molar-refractivity contribution in [3.8, 4) is 0 Å². The van der Waals surface area contributed by atoms with Crippen molar-refractivity contribution in [1.82, 2.24) is 14.9 Å². The Morgan fingerprint density at radius 3 is 3.20 bits per heavy atom. The number of aryl methyl sites for hydroxylation is 2. The van der Waals surface area contributed by atoms with Crippen LogP contribution in [0.2, 0.25) is 0 Å². The summed E-state index contributed by atoms with van der Waals surface area (Å²) in [6.07, 6.45) is 7.16. The number of carbonyl (C=O) groups excluding carboxylic acids is 1. The second-order valence-corrected chi connectivity index (χ2v) is 4.07. The molecule has 1 fully saturated rings. The highest BCUT2D eigenvalue weighted by Gasteiger charge is 2.21. The summed E-state index contributed by atoms with van der Waals surface area (Å²) in [5.74, 6) is 1.32. The van der Waals surface area contributed by atoms with Gasteiger partial charge in [-0.15, -0.1) is 0 Å². The summed E-state index contributed by atoms with van der Waals surface area (Å²) < 4.78 is 1.97. The van der Waals surface area contributed by atoms with Gasteiger partial charge in [-0.25, -0.2) is 4.98 Å². The van der Waals surface area contributed by atoms with Crippen molar-refractivity contribution in [2.45, 2.75) is 31.7 Å². The zero-order valence-electron chi connectivity index (χ0n) is 9.07. The summed E-state index contributed by atoms with van der Waals surface area (Å²) in [5.41, 5.74) is 0. The Labute approximate surface area is 89.7 Å². The minimum absolute atomic E-state index is 0.102. The molecule has 0 aliphatic carbocycles. The van der Waals surface area contributed by atoms with Gasteiger partial charge < -0.3 is 9.88 Å². The molecular formula is C11H17N3O. The van der Waals surface area contributed by atoms with E-state index in [4.69, 9.17) is 0 Å². The van der Waals surface area contributed by atoms with Gasteiger partial charge in [-0.05, 0) is 19.4 Å². The fourth-order valence-electron chi connectivity index (χ4n) is 2.01. The van der Waals surface area contributed by atoms with Crippen molar-refractivity contribution in [1.29, 1.82) is 0 Å². The summed E-state index contributed by atoms with van der Waals surface area (Å²) >= 11 is 0. The number of hydrogen-bond acceptors (Lipinski definition) is 3. The van der Waals surface area contributed by atoms with E-state index in [1.807, 2.05) is 17.8 Å². The summed E-state index contributed by atoms with van der Waals surface area (Å²) in [6.45, 7) is 0.985. The molecule has 4 heteroatoms. The molecule has 15 heavy (non-hydrogen) atoms. The lowest BCUT2D eigenvalue weighted by atomic mass is 10.1. The molecule has 0 saturated carbocycles. The monoisotopic (exact) mass is 207 g/mol. The van der Waals surface area contributed by atoms with Crippen LogP contribution < -0.4 is 5.32 Å². The van der Waals surface area contributed by atoms with E-state index >= 15 is 0 Å². The summed E-state index contributed by atoms with van der Waals surface area (Å²) in [4.78, 5) is 16.0. The Kier molecular flexibility index (Phi) is 3.16. The summed E-state index contributed by atoms with van der Waals surface area (Å²) in [6, 6.07) is 0.102. The number of nitrogens with one attached hydrogen (secondary N) is 1. The topological polar surface area (TPSA) is 46.9 Å². The van der Waals surface area contributed by atoms with Crippen LogP contribution in [0.3, 0.4) is 0 Å². The van der Waals surface area contributed by atoms with Crippen LogP contribution in [-0.4, -0.2) is 27.9 Å². The van der Waals surface area contributed by atoms with Gasteiger partial charge >= 0.3 is 0 Å². The van der Waals surface area contributed by atoms with Crippen LogP contribution in [0, 0.1) is 0 Å². The molecule has 4 nitrogen and oxygen atoms in total. The number of Topliss-reactive ketones (excluding diaryl/α,β-unsaturated/α-hetero) is 1. The first-order valence-electron chi connectivity index (χ1n) is 5.49. The third-order valence-electron chi connectivity index (χ3n) is 2.96. The van der Waals surface area contributed by atoms with Gasteiger partial charge in [0.15, 0.2) is 0 Å². The number of nitrogens with zero attached hydrogens (tertiary/aromatic N) is 2. The van der Waals surface area contributed by atoms with E-state index in [0.717, 1.165) is 31.6 Å². The van der Waals surface area contributed by atoms with Crippen LogP contribution in [-0.2, 0) is 18.3 Å². The molecule has 1 aromatic heterocycles. The SMILES string of the molecule is Cn1ccnc1CCC(=O)C1CCCN1. The van der Waals surface area contributed by atoms with Gasteiger partial charge in [0, 0.05) is 32.3 Å². The molecule has 1 aliphatic rings. The van der Waals surface area contributed by atoms with Gasteiger partial charge in [0.05, 0.1) is 6.04 Å². The van der Waals surface area contributed by atoms with Crippen LogP contribution in [0.25, 0.3) is 0 Å². The van der Waals surface area contributed by atoms with Gasteiger partial charge in [-0.1, -0.05) is 0 Å². The van der Waals surface area contributed by atoms with E-state index in [1.165, 1.54) is 0 Å². The third-order valence-corrected chi connectivity index (χ3v) is 2.96. The molecule has 1 aliphatic heterocycles. The Bertz CT molecular complexity index is 339. The molecule has 0 aromatic carbocycles. The zero-order valence-corrected chi connectivity index (χ0v) is 9.07. The lowest BCUT2D eigenvalue weighted by Crippen LogP contribution is -2.31. The van der Waals surface area contributed by atoms with E-state index < -0.39 is 0 Å². The standard InChI is InChI=1S/C11H17N3O/c1-14-8-7-13-11(14)5-4-10(15)9-3-2-6-12-9/h7-9,12H,2-6H2,1H3. The highest BCUT2D eigenvalue weighted by molar-refractivity contribution is 5.84. The quantitative estimate of drug-likeness (QED) is 0.789. The zero-order chi connectivity index (χ0) is 10.7. The molecule has 1 aromatic rings. The smallest absolute Gasteiger partial charge is 0.150 e. The lowest BCUT2D eigenvalue weighted by Gasteiger charge is -2.08. The molecule has 82 valence electrons. The molecular weight excluding hydrogens is 190 g/mol. The predicted molar refractivity (Wildman–Crippen MR) is 57.6 cm³/mol. The number of rotatable bonds is 4. The highest BCUT2D eigenvalue weighted by Crippen LogP contribution is 2.09. The van der Waals surface area contributed by atoms with E-state index in [9.17, 15) is 4.79 Å². The molecule has 0 bridgehead atoms. The molecule has 1 N–H and O–H groups in total. The van der Waals surface area contributed by atoms with Gasteiger partial charge in [-0.2, -0.15) is 0 Å². The lowest BCUT2D eigenvalue weighted by molar-refractivity contribution is -0.120. The molecule has 1 saturated heterocycles. The molecule has 1 atom stereocenters. The van der Waals surface area contributed by atoms with E-state index in [0.29, 0.717) is 12.2 Å². The van der Waals surface area contributed by atoms with Crippen molar-refractivity contribution in [3.05, 3.63) is 18.2 Å². The van der Waals surface area contributed by atoms with Crippen LogP contribution in [0.4, 0.5) is 0 Å². The van der Waals surface area contributed by atoms with Gasteiger partial charge in [0.2, 0.25) is 0 Å². The van der Waals surface area contributed by atoms with Gasteiger partial charge in [-0.3, -0.25) is 4.79 Å². The Morgan fingerprint density at radius 1 is 1.73 bits per heavy atom. The van der Waals surface area contributed by atoms with Gasteiger partial charge in [0.25, 0.3) is 0 Å². The molecule has 0 radical (unpaired) electrons. The van der Waals surface area contributed by atoms with Crippen molar-refractivity contribution in [2.24, 2.45) is 7.05 Å². The van der Waals surface area contributed by atoms with E-state index in [1.54, 1.807) is 6.20 Å². The molecule has 1 unspecified atom stereocenters. The summed E-state index contributed by atoms with van der Waals surface area (Å²) in [5, 5.41) is 3.22. The first-order valence-corrected chi connectivity index (χ1v) is 5.49. The van der Waals surface area contributed by atoms with E-state index in [-0.39, 0.29) is 6.04 Å². The Hall–Kier alpha value is -1.16. The van der Waals surface area contributed by atoms with E-state index in [2.05, 4.69) is 10.3 Å². The number of ketones is 1.